The number of rotatable bonds is 4. The second-order valence-corrected chi connectivity index (χ2v) is 4.23. The minimum absolute atomic E-state index is 0.0263. The number of para-hydroxylation sites is 1. The average molecular weight is 243 g/mol. The van der Waals surface area contributed by atoms with E-state index in [9.17, 15) is 5.11 Å². The third-order valence-electron chi connectivity index (χ3n) is 2.75. The number of nitrogens with two attached hydrogens (primary N) is 1. The molecular formula is C15H17NO2. The molecule has 0 heterocycles. The van der Waals surface area contributed by atoms with Gasteiger partial charge < -0.3 is 15.6 Å². The highest BCUT2D eigenvalue weighted by Crippen LogP contribution is 2.26. The minimum Gasteiger partial charge on any atom is -0.457 e. The van der Waals surface area contributed by atoms with E-state index < -0.39 is 0 Å². The minimum atomic E-state index is -0.0385. The molecule has 0 amide bonds. The number of aliphatic hydroxyl groups is 1. The SMILES string of the molecule is CC(N)c1cccc(Oc2ccccc2CO)c1. The molecule has 0 aliphatic heterocycles. The summed E-state index contributed by atoms with van der Waals surface area (Å²) in [5, 5.41) is 9.24. The average Bonchev–Trinajstić information content (AvgIpc) is 2.39. The fourth-order valence-corrected chi connectivity index (χ4v) is 1.72. The Labute approximate surface area is 107 Å². The van der Waals surface area contributed by atoms with Gasteiger partial charge in [0.25, 0.3) is 0 Å². The molecule has 94 valence electrons. The zero-order valence-electron chi connectivity index (χ0n) is 10.3. The van der Waals surface area contributed by atoms with E-state index in [1.807, 2.05) is 55.5 Å². The van der Waals surface area contributed by atoms with Crippen LogP contribution in [0.25, 0.3) is 0 Å². The molecule has 2 aromatic carbocycles. The summed E-state index contributed by atoms with van der Waals surface area (Å²) >= 11 is 0. The summed E-state index contributed by atoms with van der Waals surface area (Å²) < 4.78 is 5.78. The normalized spacial score (nSPS) is 12.2. The van der Waals surface area contributed by atoms with Crippen LogP contribution in [-0.4, -0.2) is 5.11 Å². The van der Waals surface area contributed by atoms with Crippen LogP contribution in [0.2, 0.25) is 0 Å². The van der Waals surface area contributed by atoms with Crippen LogP contribution in [-0.2, 0) is 6.61 Å². The Hall–Kier alpha value is -1.84. The van der Waals surface area contributed by atoms with Crippen molar-refractivity contribution in [3.8, 4) is 11.5 Å². The number of ether oxygens (including phenoxy) is 1. The summed E-state index contributed by atoms with van der Waals surface area (Å²) in [5.74, 6) is 1.40. The van der Waals surface area contributed by atoms with Crippen molar-refractivity contribution < 1.29 is 9.84 Å². The maximum absolute atomic E-state index is 9.24. The van der Waals surface area contributed by atoms with Gasteiger partial charge in [-0.1, -0.05) is 30.3 Å². The third kappa shape index (κ3) is 2.88. The lowest BCUT2D eigenvalue weighted by Gasteiger charge is -2.11. The molecule has 0 saturated carbocycles. The topological polar surface area (TPSA) is 55.5 Å². The highest BCUT2D eigenvalue weighted by atomic mass is 16.5. The van der Waals surface area contributed by atoms with Crippen LogP contribution in [0.3, 0.4) is 0 Å². The molecule has 0 aliphatic rings. The van der Waals surface area contributed by atoms with E-state index in [4.69, 9.17) is 10.5 Å². The molecule has 0 spiro atoms. The molecule has 1 unspecified atom stereocenters. The standard InChI is InChI=1S/C15H17NO2/c1-11(16)12-6-4-7-14(9-12)18-15-8-3-2-5-13(15)10-17/h2-9,11,17H,10,16H2,1H3. The summed E-state index contributed by atoms with van der Waals surface area (Å²) in [7, 11) is 0. The first-order valence-electron chi connectivity index (χ1n) is 5.93. The molecular weight excluding hydrogens is 226 g/mol. The first-order valence-corrected chi connectivity index (χ1v) is 5.93. The smallest absolute Gasteiger partial charge is 0.132 e. The molecule has 0 bridgehead atoms. The number of hydrogen-bond donors (Lipinski definition) is 2. The van der Waals surface area contributed by atoms with E-state index in [-0.39, 0.29) is 12.6 Å². The molecule has 0 aliphatic carbocycles. The number of aliphatic hydroxyl groups excluding tert-OH is 1. The zero-order chi connectivity index (χ0) is 13.0. The molecule has 3 N–H and O–H groups in total. The largest absolute Gasteiger partial charge is 0.457 e. The number of benzene rings is 2. The van der Waals surface area contributed by atoms with Crippen LogP contribution in [0.15, 0.2) is 48.5 Å². The molecule has 3 nitrogen and oxygen atoms in total. The van der Waals surface area contributed by atoms with Crippen LogP contribution in [0.5, 0.6) is 11.5 Å². The fourth-order valence-electron chi connectivity index (χ4n) is 1.72. The van der Waals surface area contributed by atoms with Crippen molar-refractivity contribution >= 4 is 0 Å². The van der Waals surface area contributed by atoms with E-state index in [1.54, 1.807) is 0 Å². The molecule has 2 aromatic rings. The van der Waals surface area contributed by atoms with Crippen molar-refractivity contribution in [2.24, 2.45) is 5.73 Å². The van der Waals surface area contributed by atoms with Crippen LogP contribution < -0.4 is 10.5 Å². The van der Waals surface area contributed by atoms with Gasteiger partial charge >= 0.3 is 0 Å². The van der Waals surface area contributed by atoms with Gasteiger partial charge in [-0.15, -0.1) is 0 Å². The van der Waals surface area contributed by atoms with Crippen LogP contribution in [0.1, 0.15) is 24.1 Å². The van der Waals surface area contributed by atoms with Crippen molar-refractivity contribution in [1.29, 1.82) is 0 Å². The molecule has 3 heteroatoms. The van der Waals surface area contributed by atoms with Crippen LogP contribution in [0, 0.1) is 0 Å². The molecule has 18 heavy (non-hydrogen) atoms. The van der Waals surface area contributed by atoms with Crippen molar-refractivity contribution in [2.45, 2.75) is 19.6 Å². The van der Waals surface area contributed by atoms with E-state index in [0.29, 0.717) is 5.75 Å². The third-order valence-corrected chi connectivity index (χ3v) is 2.75. The molecule has 1 atom stereocenters. The van der Waals surface area contributed by atoms with E-state index in [2.05, 4.69) is 0 Å². The van der Waals surface area contributed by atoms with Crippen molar-refractivity contribution in [1.82, 2.24) is 0 Å². The zero-order valence-corrected chi connectivity index (χ0v) is 10.3. The maximum Gasteiger partial charge on any atom is 0.132 e. The highest BCUT2D eigenvalue weighted by molar-refractivity contribution is 5.39. The molecule has 0 aromatic heterocycles. The Morgan fingerprint density at radius 1 is 1.17 bits per heavy atom. The summed E-state index contributed by atoms with van der Waals surface area (Å²) in [4.78, 5) is 0. The molecule has 0 radical (unpaired) electrons. The number of hydrogen-bond acceptors (Lipinski definition) is 3. The lowest BCUT2D eigenvalue weighted by atomic mass is 10.1. The predicted molar refractivity (Wildman–Crippen MR) is 71.5 cm³/mol. The van der Waals surface area contributed by atoms with Crippen molar-refractivity contribution in [3.63, 3.8) is 0 Å². The second-order valence-electron chi connectivity index (χ2n) is 4.23. The van der Waals surface area contributed by atoms with Gasteiger partial charge in [-0.05, 0) is 30.7 Å². The lowest BCUT2D eigenvalue weighted by molar-refractivity contribution is 0.276. The Morgan fingerprint density at radius 2 is 1.94 bits per heavy atom. The first kappa shape index (κ1) is 12.6. The molecule has 0 saturated heterocycles. The van der Waals surface area contributed by atoms with E-state index in [0.717, 1.165) is 16.9 Å². The summed E-state index contributed by atoms with van der Waals surface area (Å²) in [6.45, 7) is 1.89. The quantitative estimate of drug-likeness (QED) is 0.868. The Morgan fingerprint density at radius 3 is 2.67 bits per heavy atom. The Bertz CT molecular complexity index is 523. The van der Waals surface area contributed by atoms with Crippen LogP contribution in [0.4, 0.5) is 0 Å². The van der Waals surface area contributed by atoms with Gasteiger partial charge in [0.2, 0.25) is 0 Å². The summed E-state index contributed by atoms with van der Waals surface area (Å²) in [6, 6.07) is 15.1. The Kier molecular flexibility index (Phi) is 3.97. The van der Waals surface area contributed by atoms with Crippen molar-refractivity contribution in [3.05, 3.63) is 59.7 Å². The first-order chi connectivity index (χ1) is 8.70. The van der Waals surface area contributed by atoms with Gasteiger partial charge in [-0.2, -0.15) is 0 Å². The van der Waals surface area contributed by atoms with Gasteiger partial charge in [0.05, 0.1) is 6.61 Å². The molecule has 0 fully saturated rings. The maximum atomic E-state index is 9.24. The predicted octanol–water partition coefficient (Wildman–Crippen LogP) is 2.99. The van der Waals surface area contributed by atoms with E-state index >= 15 is 0 Å². The summed E-state index contributed by atoms with van der Waals surface area (Å²) in [5.41, 5.74) is 7.63. The van der Waals surface area contributed by atoms with Gasteiger partial charge in [0.1, 0.15) is 11.5 Å². The monoisotopic (exact) mass is 243 g/mol. The van der Waals surface area contributed by atoms with Crippen LogP contribution >= 0.6 is 0 Å². The van der Waals surface area contributed by atoms with Gasteiger partial charge in [0.15, 0.2) is 0 Å². The highest BCUT2D eigenvalue weighted by Gasteiger charge is 2.05. The fraction of sp³-hybridized carbons (Fsp3) is 0.200. The van der Waals surface area contributed by atoms with Gasteiger partial charge in [-0.3, -0.25) is 0 Å². The van der Waals surface area contributed by atoms with Gasteiger partial charge in [-0.25, -0.2) is 0 Å². The lowest BCUT2D eigenvalue weighted by Crippen LogP contribution is -2.04. The molecule has 2 rings (SSSR count). The van der Waals surface area contributed by atoms with E-state index in [1.165, 1.54) is 0 Å². The van der Waals surface area contributed by atoms with Gasteiger partial charge in [0, 0.05) is 11.6 Å². The Balaban J connectivity index is 2.25. The summed E-state index contributed by atoms with van der Waals surface area (Å²) in [6.07, 6.45) is 0. The second kappa shape index (κ2) is 5.67. The van der Waals surface area contributed by atoms with Crippen molar-refractivity contribution in [2.75, 3.05) is 0 Å².